The summed E-state index contributed by atoms with van der Waals surface area (Å²) < 4.78 is 7.42. The number of amides is 1. The van der Waals surface area contributed by atoms with E-state index in [1.54, 1.807) is 12.1 Å². The van der Waals surface area contributed by atoms with Crippen molar-refractivity contribution in [3.8, 4) is 0 Å². The largest absolute Gasteiger partial charge is 0.459 e. The number of imidazole rings is 1. The number of aromatic nitrogens is 3. The minimum absolute atomic E-state index is 0.0245. The van der Waals surface area contributed by atoms with Gasteiger partial charge < -0.3 is 13.9 Å². The van der Waals surface area contributed by atoms with Gasteiger partial charge in [-0.3, -0.25) is 9.78 Å². The molecule has 1 saturated heterocycles. The Bertz CT molecular complexity index is 818. The molecule has 0 atom stereocenters. The van der Waals surface area contributed by atoms with Crippen LogP contribution in [0.4, 0.5) is 0 Å². The Balaban J connectivity index is 1.42. The Morgan fingerprint density at radius 3 is 2.68 bits per heavy atom. The van der Waals surface area contributed by atoms with Crippen LogP contribution in [-0.4, -0.2) is 38.4 Å². The SMILES string of the molecule is O=C(c1ccco1)N1CCC(c2nccn2Cc2ccncc2)CC1. The van der Waals surface area contributed by atoms with Crippen LogP contribution in [0.25, 0.3) is 0 Å². The van der Waals surface area contributed by atoms with Crippen molar-refractivity contribution in [2.24, 2.45) is 0 Å². The number of pyridine rings is 1. The average Bonchev–Trinajstić information content (AvgIpc) is 3.34. The smallest absolute Gasteiger partial charge is 0.289 e. The lowest BCUT2D eigenvalue weighted by Gasteiger charge is -2.31. The van der Waals surface area contributed by atoms with E-state index >= 15 is 0 Å². The molecule has 0 bridgehead atoms. The number of carbonyl (C=O) groups excluding carboxylic acids is 1. The van der Waals surface area contributed by atoms with Crippen LogP contribution >= 0.6 is 0 Å². The van der Waals surface area contributed by atoms with E-state index in [9.17, 15) is 4.79 Å². The molecule has 1 aliphatic rings. The van der Waals surface area contributed by atoms with Gasteiger partial charge in [-0.05, 0) is 42.7 Å². The third-order valence-corrected chi connectivity index (χ3v) is 4.73. The summed E-state index contributed by atoms with van der Waals surface area (Å²) >= 11 is 0. The lowest BCUT2D eigenvalue weighted by molar-refractivity contribution is 0.0678. The number of hydrogen-bond acceptors (Lipinski definition) is 4. The highest BCUT2D eigenvalue weighted by molar-refractivity contribution is 5.91. The second-order valence-electron chi connectivity index (χ2n) is 6.31. The molecular formula is C19H20N4O2. The van der Waals surface area contributed by atoms with Crippen LogP contribution in [0, 0.1) is 0 Å². The third kappa shape index (κ3) is 3.33. The molecule has 1 amide bonds. The Labute approximate surface area is 146 Å². The number of nitrogens with zero attached hydrogens (tertiary/aromatic N) is 4. The van der Waals surface area contributed by atoms with E-state index in [0.29, 0.717) is 11.7 Å². The van der Waals surface area contributed by atoms with Crippen LogP contribution < -0.4 is 0 Å². The van der Waals surface area contributed by atoms with E-state index in [-0.39, 0.29) is 5.91 Å². The van der Waals surface area contributed by atoms with Gasteiger partial charge in [0.1, 0.15) is 5.82 Å². The van der Waals surface area contributed by atoms with Crippen LogP contribution in [0.1, 0.15) is 40.7 Å². The molecule has 0 spiro atoms. The van der Waals surface area contributed by atoms with Crippen molar-refractivity contribution < 1.29 is 9.21 Å². The quantitative estimate of drug-likeness (QED) is 0.735. The zero-order chi connectivity index (χ0) is 17.1. The summed E-state index contributed by atoms with van der Waals surface area (Å²) in [4.78, 5) is 22.9. The molecule has 0 radical (unpaired) electrons. The van der Waals surface area contributed by atoms with E-state index in [0.717, 1.165) is 38.3 Å². The molecular weight excluding hydrogens is 316 g/mol. The van der Waals surface area contributed by atoms with Crippen LogP contribution in [-0.2, 0) is 6.54 Å². The minimum Gasteiger partial charge on any atom is -0.459 e. The summed E-state index contributed by atoms with van der Waals surface area (Å²) in [5.74, 6) is 1.86. The van der Waals surface area contributed by atoms with Gasteiger partial charge in [0.05, 0.1) is 6.26 Å². The van der Waals surface area contributed by atoms with Gasteiger partial charge in [0.25, 0.3) is 5.91 Å². The molecule has 0 unspecified atom stereocenters. The van der Waals surface area contributed by atoms with Crippen LogP contribution in [0.5, 0.6) is 0 Å². The van der Waals surface area contributed by atoms with Crippen molar-refractivity contribution in [3.63, 3.8) is 0 Å². The monoisotopic (exact) mass is 336 g/mol. The summed E-state index contributed by atoms with van der Waals surface area (Å²) in [6.07, 6.45) is 10.9. The second-order valence-corrected chi connectivity index (χ2v) is 6.31. The van der Waals surface area contributed by atoms with Gasteiger partial charge in [-0.15, -0.1) is 0 Å². The van der Waals surface area contributed by atoms with E-state index in [1.165, 1.54) is 11.8 Å². The van der Waals surface area contributed by atoms with Crippen molar-refractivity contribution in [2.75, 3.05) is 13.1 Å². The number of likely N-dealkylation sites (tertiary alicyclic amines) is 1. The Morgan fingerprint density at radius 1 is 1.16 bits per heavy atom. The van der Waals surface area contributed by atoms with Gasteiger partial charge in [-0.25, -0.2) is 4.98 Å². The van der Waals surface area contributed by atoms with Gasteiger partial charge in [0.2, 0.25) is 0 Å². The standard InChI is InChI=1S/C19H20N4O2/c24-19(17-2-1-13-25-17)22-10-5-16(6-11-22)18-21-9-12-23(18)14-15-3-7-20-8-4-15/h1-4,7-9,12-13,16H,5-6,10-11,14H2. The molecule has 4 rings (SSSR count). The molecule has 3 aromatic heterocycles. The molecule has 1 aliphatic heterocycles. The molecule has 0 N–H and O–H groups in total. The molecule has 3 aromatic rings. The van der Waals surface area contributed by atoms with E-state index in [4.69, 9.17) is 4.42 Å². The topological polar surface area (TPSA) is 64.2 Å². The van der Waals surface area contributed by atoms with Crippen molar-refractivity contribution in [1.29, 1.82) is 0 Å². The highest BCUT2D eigenvalue weighted by atomic mass is 16.3. The molecule has 4 heterocycles. The maximum Gasteiger partial charge on any atom is 0.289 e. The molecule has 0 aromatic carbocycles. The lowest BCUT2D eigenvalue weighted by Crippen LogP contribution is -2.38. The van der Waals surface area contributed by atoms with Crippen molar-refractivity contribution >= 4 is 5.91 Å². The number of furan rings is 1. The Kier molecular flexibility index (Phi) is 4.33. The third-order valence-electron chi connectivity index (χ3n) is 4.73. The molecule has 25 heavy (non-hydrogen) atoms. The fourth-order valence-corrected chi connectivity index (χ4v) is 3.40. The number of carbonyl (C=O) groups is 1. The predicted molar refractivity (Wildman–Crippen MR) is 92.2 cm³/mol. The van der Waals surface area contributed by atoms with E-state index < -0.39 is 0 Å². The predicted octanol–water partition coefficient (Wildman–Crippen LogP) is 2.94. The average molecular weight is 336 g/mol. The first kappa shape index (κ1) is 15.6. The van der Waals surface area contributed by atoms with Gasteiger partial charge in [-0.1, -0.05) is 0 Å². The fraction of sp³-hybridized carbons (Fsp3) is 0.316. The molecule has 6 nitrogen and oxygen atoms in total. The molecule has 6 heteroatoms. The normalized spacial score (nSPS) is 15.4. The van der Waals surface area contributed by atoms with Gasteiger partial charge >= 0.3 is 0 Å². The summed E-state index contributed by atoms with van der Waals surface area (Å²) in [6, 6.07) is 7.51. The summed E-state index contributed by atoms with van der Waals surface area (Å²) in [6.45, 7) is 2.25. The van der Waals surface area contributed by atoms with Gasteiger partial charge in [0.15, 0.2) is 5.76 Å². The van der Waals surface area contributed by atoms with Gasteiger partial charge in [0, 0.05) is 50.3 Å². The maximum atomic E-state index is 12.4. The zero-order valence-electron chi connectivity index (χ0n) is 13.9. The summed E-state index contributed by atoms with van der Waals surface area (Å²) in [5.41, 5.74) is 1.21. The number of rotatable bonds is 4. The fourth-order valence-electron chi connectivity index (χ4n) is 3.40. The summed E-state index contributed by atoms with van der Waals surface area (Å²) in [7, 11) is 0. The van der Waals surface area contributed by atoms with Crippen molar-refractivity contribution in [3.05, 3.63) is 72.5 Å². The molecule has 1 fully saturated rings. The molecule has 0 aliphatic carbocycles. The summed E-state index contributed by atoms with van der Waals surface area (Å²) in [5, 5.41) is 0. The first-order valence-electron chi connectivity index (χ1n) is 8.54. The molecule has 0 saturated carbocycles. The lowest BCUT2D eigenvalue weighted by atomic mass is 9.95. The number of hydrogen-bond donors (Lipinski definition) is 0. The van der Waals surface area contributed by atoms with Crippen LogP contribution in [0.2, 0.25) is 0 Å². The Hall–Kier alpha value is -2.89. The highest BCUT2D eigenvalue weighted by Gasteiger charge is 2.27. The second kappa shape index (κ2) is 6.93. The molecule has 128 valence electrons. The highest BCUT2D eigenvalue weighted by Crippen LogP contribution is 2.28. The Morgan fingerprint density at radius 2 is 1.96 bits per heavy atom. The van der Waals surface area contributed by atoms with E-state index in [1.807, 2.05) is 41.8 Å². The zero-order valence-corrected chi connectivity index (χ0v) is 13.9. The van der Waals surface area contributed by atoms with Crippen LogP contribution in [0.15, 0.2) is 59.7 Å². The van der Waals surface area contributed by atoms with E-state index in [2.05, 4.69) is 14.5 Å². The number of piperidine rings is 1. The van der Waals surface area contributed by atoms with Crippen molar-refractivity contribution in [2.45, 2.75) is 25.3 Å². The minimum atomic E-state index is -0.0245. The maximum absolute atomic E-state index is 12.4. The first-order chi connectivity index (χ1) is 12.3. The van der Waals surface area contributed by atoms with Crippen LogP contribution in [0.3, 0.4) is 0 Å². The van der Waals surface area contributed by atoms with Crippen molar-refractivity contribution in [1.82, 2.24) is 19.4 Å². The first-order valence-corrected chi connectivity index (χ1v) is 8.54. The van der Waals surface area contributed by atoms with Gasteiger partial charge in [-0.2, -0.15) is 0 Å².